The van der Waals surface area contributed by atoms with Crippen molar-refractivity contribution in [2.45, 2.75) is 5.92 Å². The Morgan fingerprint density at radius 2 is 0.833 bits per heavy atom. The highest BCUT2D eigenvalue weighted by Gasteiger charge is 2.35. The van der Waals surface area contributed by atoms with E-state index in [0.717, 1.165) is 156 Å². The van der Waals surface area contributed by atoms with E-state index in [0.29, 0.717) is 5.69 Å². The van der Waals surface area contributed by atoms with Crippen molar-refractivity contribution in [3.63, 3.8) is 0 Å². The van der Waals surface area contributed by atoms with Gasteiger partial charge in [0.05, 0.1) is 79.0 Å². The number of nitrogens with zero attached hydrogens (tertiary/aromatic N) is 8. The zero-order chi connectivity index (χ0) is 59.1. The molecule has 19 rings (SSSR count). The molecule has 1 unspecified atom stereocenters. The van der Waals surface area contributed by atoms with Crippen molar-refractivity contribution in [1.82, 2.24) is 32.6 Å². The molecular weight excluding hydrogens is 1100 g/mol. The molecule has 1 atom stereocenters. The van der Waals surface area contributed by atoms with Gasteiger partial charge in [0.1, 0.15) is 5.82 Å². The van der Waals surface area contributed by atoms with Gasteiger partial charge in [-0.15, -0.1) is 0 Å². The standard InChI is InChI=1S/C82H50N8/c1-83-79-78(57-40-44-66-74(49-57)90-75-47-55(52-24-8-3-9-25-52)41-45-71(75)86(82(90)85-66)58-28-12-5-13-29-58)76(87-67-34-18-14-30-59(67)60-31-15-19-35-68(60)87)50-64(80(79)88-69-36-20-16-32-61(69)62-33-17-21-37-70(62)88)56-39-43-65-73(48-56)89-72-46-54(51-22-6-2-7-23-51)38-42-63(72)77(81(89)84-65)53-26-10-4-11-27-53/h2-50,77H. The van der Waals surface area contributed by atoms with Crippen molar-refractivity contribution in [2.24, 2.45) is 0 Å². The minimum atomic E-state index is -0.0832. The molecule has 418 valence electrons. The molecule has 1 aliphatic heterocycles. The molecule has 8 heteroatoms. The average Bonchev–Trinajstić information content (AvgIpc) is 1.53. The number of hydrogen-bond acceptors (Lipinski definition) is 2. The van der Waals surface area contributed by atoms with E-state index in [9.17, 15) is 6.57 Å². The molecule has 0 saturated heterocycles. The van der Waals surface area contributed by atoms with Crippen molar-refractivity contribution in [3.05, 3.63) is 326 Å². The predicted octanol–water partition coefficient (Wildman–Crippen LogP) is 20.7. The molecule has 0 aliphatic carbocycles. The first-order valence-corrected chi connectivity index (χ1v) is 30.5. The number of para-hydroxylation sites is 5. The van der Waals surface area contributed by atoms with Crippen molar-refractivity contribution < 1.29 is 0 Å². The minimum absolute atomic E-state index is 0.0832. The molecule has 6 heterocycles. The summed E-state index contributed by atoms with van der Waals surface area (Å²) in [5.74, 6) is 1.70. The summed E-state index contributed by atoms with van der Waals surface area (Å²) in [4.78, 5) is 16.0. The summed E-state index contributed by atoms with van der Waals surface area (Å²) in [6, 6.07) is 107. The summed E-state index contributed by atoms with van der Waals surface area (Å²) < 4.78 is 11.7. The number of fused-ring (bicyclic) bond motifs is 16. The van der Waals surface area contributed by atoms with Crippen LogP contribution in [0, 0.1) is 6.57 Å². The van der Waals surface area contributed by atoms with E-state index in [-0.39, 0.29) is 5.92 Å². The Labute approximate surface area is 516 Å². The minimum Gasteiger partial charge on any atom is -0.318 e. The largest absolute Gasteiger partial charge is 0.318 e. The van der Waals surface area contributed by atoms with E-state index in [2.05, 4.69) is 320 Å². The van der Waals surface area contributed by atoms with Crippen LogP contribution in [0.15, 0.2) is 297 Å². The van der Waals surface area contributed by atoms with Gasteiger partial charge in [0, 0.05) is 38.5 Å². The van der Waals surface area contributed by atoms with Gasteiger partial charge in [0.2, 0.25) is 11.5 Å². The second-order valence-electron chi connectivity index (χ2n) is 23.6. The Kier molecular flexibility index (Phi) is 10.7. The maximum atomic E-state index is 9.93. The van der Waals surface area contributed by atoms with Crippen LogP contribution >= 0.6 is 0 Å². The molecule has 0 fully saturated rings. The Morgan fingerprint density at radius 3 is 1.46 bits per heavy atom. The highest BCUT2D eigenvalue weighted by Crippen LogP contribution is 2.52. The lowest BCUT2D eigenvalue weighted by Crippen LogP contribution is -2.04. The van der Waals surface area contributed by atoms with Gasteiger partial charge in [0.25, 0.3) is 0 Å². The van der Waals surface area contributed by atoms with Gasteiger partial charge in [0.15, 0.2) is 0 Å². The topological polar surface area (TPSA) is 54.3 Å². The molecule has 0 saturated carbocycles. The van der Waals surface area contributed by atoms with Crippen molar-refractivity contribution in [1.29, 1.82) is 0 Å². The average molecular weight is 1150 g/mol. The van der Waals surface area contributed by atoms with Gasteiger partial charge in [-0.3, -0.25) is 13.5 Å². The number of rotatable bonds is 8. The van der Waals surface area contributed by atoms with Gasteiger partial charge in [-0.1, -0.05) is 212 Å². The number of aromatic nitrogens is 7. The zero-order valence-corrected chi connectivity index (χ0v) is 48.4. The second kappa shape index (κ2) is 19.3. The Bertz CT molecular complexity index is 5930. The van der Waals surface area contributed by atoms with Gasteiger partial charge < -0.3 is 9.13 Å². The highest BCUT2D eigenvalue weighted by molar-refractivity contribution is 6.14. The third-order valence-corrected chi connectivity index (χ3v) is 18.8. The van der Waals surface area contributed by atoms with Crippen LogP contribution in [0.25, 0.3) is 155 Å². The number of imidazole rings is 3. The smallest absolute Gasteiger partial charge is 0.220 e. The molecular formula is C82H50N8. The monoisotopic (exact) mass is 1150 g/mol. The van der Waals surface area contributed by atoms with E-state index in [1.165, 1.54) is 11.1 Å². The van der Waals surface area contributed by atoms with E-state index in [1.54, 1.807) is 0 Å². The lowest BCUT2D eigenvalue weighted by Gasteiger charge is -2.24. The van der Waals surface area contributed by atoms with Crippen LogP contribution in [-0.2, 0) is 0 Å². The summed E-state index contributed by atoms with van der Waals surface area (Å²) in [5, 5.41) is 4.48. The summed E-state index contributed by atoms with van der Waals surface area (Å²) in [5.41, 5.74) is 24.7. The Hall–Kier alpha value is -12.3. The fourth-order valence-corrected chi connectivity index (χ4v) is 14.9. The molecule has 1 aliphatic rings. The maximum Gasteiger partial charge on any atom is 0.220 e. The van der Waals surface area contributed by atoms with Gasteiger partial charge in [-0.05, 0) is 135 Å². The van der Waals surface area contributed by atoms with Crippen LogP contribution in [0.2, 0.25) is 0 Å². The van der Waals surface area contributed by atoms with Crippen LogP contribution < -0.4 is 0 Å². The van der Waals surface area contributed by atoms with E-state index < -0.39 is 0 Å². The lowest BCUT2D eigenvalue weighted by atomic mass is 9.90. The summed E-state index contributed by atoms with van der Waals surface area (Å²) in [6.07, 6.45) is 0. The first-order chi connectivity index (χ1) is 44.6. The number of benzene rings is 13. The summed E-state index contributed by atoms with van der Waals surface area (Å²) in [7, 11) is 0. The summed E-state index contributed by atoms with van der Waals surface area (Å²) in [6.45, 7) is 9.93. The third kappa shape index (κ3) is 7.23. The van der Waals surface area contributed by atoms with Crippen LogP contribution in [-0.4, -0.2) is 32.6 Å². The molecule has 0 bridgehead atoms. The molecule has 5 aromatic heterocycles. The number of hydrogen-bond donors (Lipinski definition) is 0. The van der Waals surface area contributed by atoms with Crippen LogP contribution in [0.4, 0.5) is 5.69 Å². The second-order valence-corrected chi connectivity index (χ2v) is 23.6. The van der Waals surface area contributed by atoms with Crippen molar-refractivity contribution in [2.75, 3.05) is 0 Å². The van der Waals surface area contributed by atoms with Crippen molar-refractivity contribution in [3.8, 4) is 67.3 Å². The van der Waals surface area contributed by atoms with E-state index in [1.807, 2.05) is 0 Å². The van der Waals surface area contributed by atoms with Gasteiger partial charge in [-0.2, -0.15) is 0 Å². The quantitative estimate of drug-likeness (QED) is 0.142. The normalized spacial score (nSPS) is 13.0. The van der Waals surface area contributed by atoms with Crippen molar-refractivity contribution >= 4 is 88.2 Å². The highest BCUT2D eigenvalue weighted by atomic mass is 15.2. The lowest BCUT2D eigenvalue weighted by molar-refractivity contribution is 0.910. The Morgan fingerprint density at radius 1 is 0.333 bits per heavy atom. The first-order valence-electron chi connectivity index (χ1n) is 30.5. The SMILES string of the molecule is [C-]#[N+]c1c(-c2ccc3nc4n(-c5ccccc5)c5ccc(-c6ccccc6)cc5n4c3c2)c(-n2c3ccccc3c3ccccc32)cc(-c2ccc3nc4n(c3c2)-c2cc(-c3ccccc3)ccc2C4c2ccccc2)c1-n1c2ccccc2c2ccccc21. The molecule has 90 heavy (non-hydrogen) atoms. The maximum absolute atomic E-state index is 9.93. The van der Waals surface area contributed by atoms with Gasteiger partial charge in [-0.25, -0.2) is 14.8 Å². The Balaban J connectivity index is 0.946. The zero-order valence-electron chi connectivity index (χ0n) is 48.4. The molecule has 8 nitrogen and oxygen atoms in total. The fourth-order valence-electron chi connectivity index (χ4n) is 14.9. The van der Waals surface area contributed by atoms with Crippen LogP contribution in [0.5, 0.6) is 0 Å². The fraction of sp³-hybridized carbons (Fsp3) is 0.0122. The van der Waals surface area contributed by atoms with E-state index >= 15 is 0 Å². The first kappa shape index (κ1) is 49.9. The molecule has 0 radical (unpaired) electrons. The van der Waals surface area contributed by atoms with Gasteiger partial charge >= 0.3 is 0 Å². The van der Waals surface area contributed by atoms with E-state index in [4.69, 9.17) is 14.8 Å². The molecule has 0 spiro atoms. The van der Waals surface area contributed by atoms with Crippen LogP contribution in [0.3, 0.4) is 0 Å². The summed E-state index contributed by atoms with van der Waals surface area (Å²) >= 11 is 0. The predicted molar refractivity (Wildman–Crippen MR) is 368 cm³/mol. The third-order valence-electron chi connectivity index (χ3n) is 18.8. The molecule has 0 N–H and O–H groups in total. The van der Waals surface area contributed by atoms with Crippen LogP contribution in [0.1, 0.15) is 22.9 Å². The molecule has 0 amide bonds. The molecule has 18 aromatic rings. The molecule has 13 aromatic carbocycles.